The second-order valence-corrected chi connectivity index (χ2v) is 8.87. The summed E-state index contributed by atoms with van der Waals surface area (Å²) in [5.41, 5.74) is 2.65. The maximum Gasteiger partial charge on any atom is 0.126 e. The molecule has 0 radical (unpaired) electrons. The third-order valence-corrected chi connectivity index (χ3v) is 6.25. The van der Waals surface area contributed by atoms with Crippen LogP contribution >= 0.6 is 0 Å². The SMILES string of the molecule is C[C@@H]1CC[C@@H]2[C@@H](O1)c1cc(O)c(CNCCc3ccc(O)cc3)cc1OC2(C)C. The Morgan fingerprint density at radius 2 is 1.86 bits per heavy atom. The molecule has 1 saturated heterocycles. The highest BCUT2D eigenvalue weighted by Gasteiger charge is 2.47. The maximum atomic E-state index is 10.6. The molecule has 2 aromatic carbocycles. The molecular weight excluding hydrogens is 366 g/mol. The van der Waals surface area contributed by atoms with Gasteiger partial charge in [0.05, 0.1) is 12.2 Å². The fourth-order valence-corrected chi connectivity index (χ4v) is 4.54. The molecule has 0 unspecified atom stereocenters. The van der Waals surface area contributed by atoms with Crippen LogP contribution in [-0.2, 0) is 17.7 Å². The average molecular weight is 398 g/mol. The van der Waals surface area contributed by atoms with Crippen molar-refractivity contribution in [3.63, 3.8) is 0 Å². The summed E-state index contributed by atoms with van der Waals surface area (Å²) in [6.45, 7) is 7.72. The molecular formula is C24H31NO4. The van der Waals surface area contributed by atoms with Gasteiger partial charge in [-0.15, -0.1) is 0 Å². The van der Waals surface area contributed by atoms with Crippen LogP contribution in [0.15, 0.2) is 36.4 Å². The zero-order valence-corrected chi connectivity index (χ0v) is 17.4. The number of aromatic hydroxyl groups is 2. The summed E-state index contributed by atoms with van der Waals surface area (Å²) in [4.78, 5) is 0. The Labute approximate surface area is 172 Å². The Hall–Kier alpha value is -2.24. The third kappa shape index (κ3) is 4.21. The molecule has 3 N–H and O–H groups in total. The van der Waals surface area contributed by atoms with E-state index in [1.807, 2.05) is 24.3 Å². The minimum atomic E-state index is -0.293. The highest BCUT2D eigenvalue weighted by Crippen LogP contribution is 2.51. The zero-order chi connectivity index (χ0) is 20.6. The van der Waals surface area contributed by atoms with Crippen LogP contribution in [0.5, 0.6) is 17.2 Å². The number of hydrogen-bond acceptors (Lipinski definition) is 5. The molecule has 4 rings (SSSR count). The zero-order valence-electron chi connectivity index (χ0n) is 17.4. The highest BCUT2D eigenvalue weighted by atomic mass is 16.5. The van der Waals surface area contributed by atoms with Crippen LogP contribution in [-0.4, -0.2) is 28.5 Å². The van der Waals surface area contributed by atoms with Crippen molar-refractivity contribution in [2.24, 2.45) is 5.92 Å². The fourth-order valence-electron chi connectivity index (χ4n) is 4.54. The summed E-state index contributed by atoms with van der Waals surface area (Å²) in [5.74, 6) is 1.67. The summed E-state index contributed by atoms with van der Waals surface area (Å²) in [7, 11) is 0. The molecule has 2 heterocycles. The van der Waals surface area contributed by atoms with Gasteiger partial charge in [0.1, 0.15) is 22.8 Å². The van der Waals surface area contributed by atoms with Crippen molar-refractivity contribution in [1.82, 2.24) is 5.32 Å². The molecule has 156 valence electrons. The summed E-state index contributed by atoms with van der Waals surface area (Å²) in [6, 6.07) is 11.0. The first-order chi connectivity index (χ1) is 13.8. The van der Waals surface area contributed by atoms with E-state index in [0.717, 1.165) is 48.2 Å². The van der Waals surface area contributed by atoms with Crippen molar-refractivity contribution in [2.75, 3.05) is 6.54 Å². The average Bonchev–Trinajstić information content (AvgIpc) is 2.67. The van der Waals surface area contributed by atoms with E-state index in [9.17, 15) is 10.2 Å². The molecule has 5 nitrogen and oxygen atoms in total. The third-order valence-electron chi connectivity index (χ3n) is 6.25. The molecule has 0 aromatic heterocycles. The van der Waals surface area contributed by atoms with E-state index in [0.29, 0.717) is 12.5 Å². The summed E-state index contributed by atoms with van der Waals surface area (Å²) in [6.07, 6.45) is 3.16. The largest absolute Gasteiger partial charge is 0.508 e. The number of benzene rings is 2. The lowest BCUT2D eigenvalue weighted by atomic mass is 9.75. The molecule has 3 atom stereocenters. The van der Waals surface area contributed by atoms with Gasteiger partial charge in [-0.3, -0.25) is 0 Å². The van der Waals surface area contributed by atoms with E-state index in [2.05, 4.69) is 26.1 Å². The number of nitrogens with one attached hydrogen (secondary N) is 1. The predicted octanol–water partition coefficient (Wildman–Crippen LogP) is 4.46. The molecule has 0 spiro atoms. The van der Waals surface area contributed by atoms with Crippen molar-refractivity contribution in [3.05, 3.63) is 53.1 Å². The molecule has 0 aliphatic carbocycles. The van der Waals surface area contributed by atoms with Gasteiger partial charge in [-0.05, 0) is 76.4 Å². The van der Waals surface area contributed by atoms with Crippen LogP contribution in [0.3, 0.4) is 0 Å². The van der Waals surface area contributed by atoms with E-state index in [1.54, 1.807) is 12.1 Å². The van der Waals surface area contributed by atoms with Gasteiger partial charge in [0.2, 0.25) is 0 Å². The Bertz CT molecular complexity index is 862. The van der Waals surface area contributed by atoms with Crippen molar-refractivity contribution < 1.29 is 19.7 Å². The highest BCUT2D eigenvalue weighted by molar-refractivity contribution is 5.49. The summed E-state index contributed by atoms with van der Waals surface area (Å²) < 4.78 is 12.6. The smallest absolute Gasteiger partial charge is 0.126 e. The van der Waals surface area contributed by atoms with E-state index < -0.39 is 0 Å². The Morgan fingerprint density at radius 3 is 2.62 bits per heavy atom. The van der Waals surface area contributed by atoms with Crippen LogP contribution in [0, 0.1) is 5.92 Å². The van der Waals surface area contributed by atoms with E-state index in [1.165, 1.54) is 0 Å². The van der Waals surface area contributed by atoms with Gasteiger partial charge in [0.25, 0.3) is 0 Å². The molecule has 2 aromatic rings. The van der Waals surface area contributed by atoms with Crippen LogP contribution in [0.25, 0.3) is 0 Å². The minimum absolute atomic E-state index is 0.0279. The van der Waals surface area contributed by atoms with Crippen molar-refractivity contribution >= 4 is 0 Å². The number of ether oxygens (including phenoxy) is 2. The number of phenols is 2. The summed E-state index contributed by atoms with van der Waals surface area (Å²) >= 11 is 0. The normalized spacial score (nSPS) is 25.0. The number of rotatable bonds is 5. The molecule has 5 heteroatoms. The maximum absolute atomic E-state index is 10.6. The van der Waals surface area contributed by atoms with Gasteiger partial charge in [0, 0.05) is 23.6 Å². The van der Waals surface area contributed by atoms with Gasteiger partial charge in [-0.1, -0.05) is 12.1 Å². The number of hydrogen-bond donors (Lipinski definition) is 3. The monoisotopic (exact) mass is 397 g/mol. The lowest BCUT2D eigenvalue weighted by Crippen LogP contribution is -2.48. The molecule has 1 fully saturated rings. The number of fused-ring (bicyclic) bond motifs is 3. The lowest BCUT2D eigenvalue weighted by Gasteiger charge is -2.48. The van der Waals surface area contributed by atoms with Gasteiger partial charge >= 0.3 is 0 Å². The fraction of sp³-hybridized carbons (Fsp3) is 0.500. The first-order valence-corrected chi connectivity index (χ1v) is 10.5. The molecule has 2 aliphatic rings. The van der Waals surface area contributed by atoms with Crippen LogP contribution in [0.2, 0.25) is 0 Å². The first kappa shape index (κ1) is 20.0. The Balaban J connectivity index is 1.45. The predicted molar refractivity (Wildman–Crippen MR) is 112 cm³/mol. The molecule has 0 saturated carbocycles. The van der Waals surface area contributed by atoms with Crippen molar-refractivity contribution in [2.45, 2.75) is 64.4 Å². The van der Waals surface area contributed by atoms with E-state index in [-0.39, 0.29) is 29.3 Å². The van der Waals surface area contributed by atoms with E-state index in [4.69, 9.17) is 9.47 Å². The van der Waals surface area contributed by atoms with Gasteiger partial charge in [-0.25, -0.2) is 0 Å². The molecule has 2 aliphatic heterocycles. The van der Waals surface area contributed by atoms with Gasteiger partial charge in [0.15, 0.2) is 0 Å². The second kappa shape index (κ2) is 7.88. The van der Waals surface area contributed by atoms with Crippen molar-refractivity contribution in [3.8, 4) is 17.2 Å². The van der Waals surface area contributed by atoms with Crippen molar-refractivity contribution in [1.29, 1.82) is 0 Å². The molecule has 0 bridgehead atoms. The quantitative estimate of drug-likeness (QED) is 0.650. The minimum Gasteiger partial charge on any atom is -0.508 e. The van der Waals surface area contributed by atoms with Crippen LogP contribution < -0.4 is 10.1 Å². The Morgan fingerprint density at radius 1 is 1.10 bits per heavy atom. The van der Waals surface area contributed by atoms with Gasteiger partial charge in [-0.2, -0.15) is 0 Å². The lowest BCUT2D eigenvalue weighted by molar-refractivity contribution is -0.144. The first-order valence-electron chi connectivity index (χ1n) is 10.5. The van der Waals surface area contributed by atoms with Crippen LogP contribution in [0.4, 0.5) is 0 Å². The number of phenolic OH excluding ortho intramolecular Hbond substituents is 2. The topological polar surface area (TPSA) is 71.0 Å². The molecule has 29 heavy (non-hydrogen) atoms. The molecule has 0 amide bonds. The standard InChI is InChI=1S/C24H31NO4/c1-15-4-9-20-23(28-15)19-13-21(27)17(12-22(19)29-24(20,2)3)14-25-11-10-16-5-7-18(26)8-6-16/h5-8,12-13,15,20,23,25-27H,4,9-11,14H2,1-3H3/t15-,20-,23+/m1/s1. The van der Waals surface area contributed by atoms with E-state index >= 15 is 0 Å². The Kier molecular flexibility index (Phi) is 5.45. The second-order valence-electron chi connectivity index (χ2n) is 8.87. The van der Waals surface area contributed by atoms with Gasteiger partial charge < -0.3 is 25.0 Å². The summed E-state index contributed by atoms with van der Waals surface area (Å²) in [5, 5.41) is 23.4. The van der Waals surface area contributed by atoms with Crippen LogP contribution in [0.1, 0.15) is 56.4 Å².